The van der Waals surface area contributed by atoms with E-state index in [-0.39, 0.29) is 29.8 Å². The Morgan fingerprint density at radius 3 is 2.48 bits per heavy atom. The third kappa shape index (κ3) is 6.22. The van der Waals surface area contributed by atoms with Crippen LogP contribution < -0.4 is 10.6 Å². The van der Waals surface area contributed by atoms with E-state index in [1.165, 1.54) is 12.1 Å². The van der Waals surface area contributed by atoms with Crippen LogP contribution in [0.1, 0.15) is 16.7 Å². The van der Waals surface area contributed by atoms with Crippen molar-refractivity contribution in [2.24, 2.45) is 4.99 Å². The first-order chi connectivity index (χ1) is 11.5. The lowest BCUT2D eigenvalue weighted by molar-refractivity contribution is 0.498. The van der Waals surface area contributed by atoms with Gasteiger partial charge >= 0.3 is 0 Å². The molecule has 7 heteroatoms. The summed E-state index contributed by atoms with van der Waals surface area (Å²) in [5.41, 5.74) is 1.69. The van der Waals surface area contributed by atoms with Gasteiger partial charge in [0.25, 0.3) is 0 Å². The van der Waals surface area contributed by atoms with E-state index in [1.807, 2.05) is 6.07 Å². The molecule has 0 bridgehead atoms. The maximum absolute atomic E-state index is 13.6. The number of guanidine groups is 1. The Kier molecular flexibility index (Phi) is 8.74. The molecule has 0 fully saturated rings. The number of nitrogens with one attached hydrogen (secondary N) is 2. The largest absolute Gasteiger partial charge is 0.356 e. The summed E-state index contributed by atoms with van der Waals surface area (Å²) in [6.45, 7) is 2.51. The van der Waals surface area contributed by atoms with E-state index in [0.29, 0.717) is 36.6 Å². The minimum absolute atomic E-state index is 0. The van der Waals surface area contributed by atoms with Crippen molar-refractivity contribution in [1.82, 2.24) is 10.6 Å². The Labute approximate surface area is 162 Å². The van der Waals surface area contributed by atoms with Crippen molar-refractivity contribution in [3.8, 4) is 0 Å². The number of halogens is 4. The van der Waals surface area contributed by atoms with Crippen LogP contribution in [0.5, 0.6) is 0 Å². The van der Waals surface area contributed by atoms with Crippen LogP contribution in [0.3, 0.4) is 0 Å². The number of nitrogens with zero attached hydrogens (tertiary/aromatic N) is 1. The lowest BCUT2D eigenvalue weighted by Crippen LogP contribution is -2.38. The fourth-order valence-electron chi connectivity index (χ4n) is 2.21. The van der Waals surface area contributed by atoms with E-state index < -0.39 is 11.6 Å². The molecule has 2 aromatic carbocycles. The second-order valence-corrected chi connectivity index (χ2v) is 5.40. The molecule has 0 unspecified atom stereocenters. The van der Waals surface area contributed by atoms with E-state index in [4.69, 9.17) is 0 Å². The fourth-order valence-corrected chi connectivity index (χ4v) is 2.21. The van der Waals surface area contributed by atoms with Crippen LogP contribution >= 0.6 is 24.0 Å². The zero-order valence-electron chi connectivity index (χ0n) is 14.1. The zero-order valence-corrected chi connectivity index (χ0v) is 16.4. The second-order valence-electron chi connectivity index (χ2n) is 5.40. The Morgan fingerprint density at radius 2 is 1.80 bits per heavy atom. The van der Waals surface area contributed by atoms with Crippen LogP contribution in [-0.4, -0.2) is 19.6 Å². The summed E-state index contributed by atoms with van der Waals surface area (Å²) in [4.78, 5) is 4.05. The number of aryl methyl sites for hydroxylation is 1. The molecule has 25 heavy (non-hydrogen) atoms. The van der Waals surface area contributed by atoms with Gasteiger partial charge in [0, 0.05) is 20.1 Å². The highest BCUT2D eigenvalue weighted by atomic mass is 127. The first kappa shape index (κ1) is 21.3. The SMILES string of the molecule is CN=C(NCCc1cccc(F)c1F)NCc1ccc(C)c(F)c1.I. The van der Waals surface area contributed by atoms with Gasteiger partial charge in [0.05, 0.1) is 0 Å². The highest BCUT2D eigenvalue weighted by Gasteiger charge is 2.07. The van der Waals surface area contributed by atoms with Gasteiger partial charge in [-0.2, -0.15) is 0 Å². The van der Waals surface area contributed by atoms with Gasteiger partial charge in [-0.15, -0.1) is 24.0 Å². The van der Waals surface area contributed by atoms with Gasteiger partial charge in [-0.05, 0) is 42.2 Å². The van der Waals surface area contributed by atoms with Gasteiger partial charge in [-0.25, -0.2) is 13.2 Å². The molecule has 2 aromatic rings. The molecule has 0 spiro atoms. The van der Waals surface area contributed by atoms with Gasteiger partial charge in [0.2, 0.25) is 0 Å². The van der Waals surface area contributed by atoms with Crippen LogP contribution in [0.2, 0.25) is 0 Å². The first-order valence-corrected chi connectivity index (χ1v) is 7.63. The van der Waals surface area contributed by atoms with Gasteiger partial charge in [0.1, 0.15) is 5.82 Å². The topological polar surface area (TPSA) is 36.4 Å². The van der Waals surface area contributed by atoms with Crippen LogP contribution in [0, 0.1) is 24.4 Å². The monoisotopic (exact) mass is 463 g/mol. The highest BCUT2D eigenvalue weighted by molar-refractivity contribution is 14.0. The Bertz CT molecular complexity index is 736. The van der Waals surface area contributed by atoms with Crippen LogP contribution in [0.15, 0.2) is 41.4 Å². The van der Waals surface area contributed by atoms with Gasteiger partial charge in [0.15, 0.2) is 17.6 Å². The first-order valence-electron chi connectivity index (χ1n) is 7.63. The number of aliphatic imine (C=N–C) groups is 1. The second kappa shape index (κ2) is 10.3. The predicted molar refractivity (Wildman–Crippen MR) is 105 cm³/mol. The molecule has 136 valence electrons. The van der Waals surface area contributed by atoms with Gasteiger partial charge < -0.3 is 10.6 Å². The molecule has 0 aliphatic rings. The van der Waals surface area contributed by atoms with Crippen molar-refractivity contribution < 1.29 is 13.2 Å². The van der Waals surface area contributed by atoms with Crippen molar-refractivity contribution in [3.63, 3.8) is 0 Å². The Morgan fingerprint density at radius 1 is 1.04 bits per heavy atom. The van der Waals surface area contributed by atoms with Gasteiger partial charge in [-0.3, -0.25) is 4.99 Å². The Balaban J connectivity index is 0.00000312. The molecule has 0 aliphatic carbocycles. The molecule has 0 radical (unpaired) electrons. The molecular formula is C18H21F3IN3. The average molecular weight is 463 g/mol. The fraction of sp³-hybridized carbons (Fsp3) is 0.278. The van der Waals surface area contributed by atoms with Crippen LogP contribution in [-0.2, 0) is 13.0 Å². The van der Waals surface area contributed by atoms with Crippen molar-refractivity contribution in [1.29, 1.82) is 0 Å². The van der Waals surface area contributed by atoms with E-state index in [1.54, 1.807) is 26.1 Å². The molecule has 0 saturated carbocycles. The summed E-state index contributed by atoms with van der Waals surface area (Å²) in [5, 5.41) is 6.07. The minimum atomic E-state index is -0.851. The molecule has 2 rings (SSSR count). The number of benzene rings is 2. The average Bonchev–Trinajstić information content (AvgIpc) is 2.57. The molecule has 2 N–H and O–H groups in total. The number of hydrogen-bond acceptors (Lipinski definition) is 1. The summed E-state index contributed by atoms with van der Waals surface area (Å²) in [7, 11) is 1.60. The molecule has 0 amide bonds. The molecule has 0 saturated heterocycles. The van der Waals surface area contributed by atoms with Crippen molar-refractivity contribution in [2.45, 2.75) is 19.9 Å². The maximum Gasteiger partial charge on any atom is 0.191 e. The summed E-state index contributed by atoms with van der Waals surface area (Å²) in [6, 6.07) is 9.14. The lowest BCUT2D eigenvalue weighted by atomic mass is 10.1. The third-order valence-electron chi connectivity index (χ3n) is 3.64. The zero-order chi connectivity index (χ0) is 17.5. The van der Waals surface area contributed by atoms with Crippen molar-refractivity contribution >= 4 is 29.9 Å². The molecule has 0 heterocycles. The maximum atomic E-state index is 13.6. The standard InChI is InChI=1S/C18H20F3N3.HI/c1-12-6-7-13(10-16(12)20)11-24-18(22-2)23-9-8-14-4-3-5-15(19)17(14)21;/h3-7,10H,8-9,11H2,1-2H3,(H2,22,23,24);1H. The molecular weight excluding hydrogens is 442 g/mol. The van der Waals surface area contributed by atoms with Crippen LogP contribution in [0.4, 0.5) is 13.2 Å². The number of rotatable bonds is 5. The summed E-state index contributed by atoms with van der Waals surface area (Å²) >= 11 is 0. The molecule has 0 atom stereocenters. The smallest absolute Gasteiger partial charge is 0.191 e. The number of hydrogen-bond donors (Lipinski definition) is 2. The minimum Gasteiger partial charge on any atom is -0.356 e. The lowest BCUT2D eigenvalue weighted by Gasteiger charge is -2.12. The Hall–Kier alpha value is -1.77. The van der Waals surface area contributed by atoms with Crippen LogP contribution in [0.25, 0.3) is 0 Å². The molecule has 3 nitrogen and oxygen atoms in total. The van der Waals surface area contributed by atoms with E-state index in [2.05, 4.69) is 15.6 Å². The van der Waals surface area contributed by atoms with Gasteiger partial charge in [-0.1, -0.05) is 24.3 Å². The molecule has 0 aliphatic heterocycles. The quantitative estimate of drug-likeness (QED) is 0.401. The summed E-state index contributed by atoms with van der Waals surface area (Å²) < 4.78 is 40.2. The summed E-state index contributed by atoms with van der Waals surface area (Å²) in [5.74, 6) is -1.42. The van der Waals surface area contributed by atoms with Crippen molar-refractivity contribution in [3.05, 3.63) is 70.5 Å². The third-order valence-corrected chi connectivity index (χ3v) is 3.64. The van der Waals surface area contributed by atoms with E-state index in [0.717, 1.165) is 11.6 Å². The van der Waals surface area contributed by atoms with E-state index >= 15 is 0 Å². The summed E-state index contributed by atoms with van der Waals surface area (Å²) in [6.07, 6.45) is 0.323. The highest BCUT2D eigenvalue weighted by Crippen LogP contribution is 2.11. The van der Waals surface area contributed by atoms with E-state index in [9.17, 15) is 13.2 Å². The predicted octanol–water partition coefficient (Wildman–Crippen LogP) is 3.94. The normalized spacial score (nSPS) is 11.0. The molecule has 0 aromatic heterocycles. The van der Waals surface area contributed by atoms with Crippen molar-refractivity contribution in [2.75, 3.05) is 13.6 Å².